The summed E-state index contributed by atoms with van der Waals surface area (Å²) in [6.45, 7) is 1.61. The molecule has 0 aliphatic heterocycles. The van der Waals surface area contributed by atoms with Gasteiger partial charge in [0.15, 0.2) is 5.41 Å². The lowest BCUT2D eigenvalue weighted by atomic mass is 9.73. The number of hydrogen-bond acceptors (Lipinski definition) is 4. The van der Waals surface area contributed by atoms with E-state index in [1.807, 2.05) is 0 Å². The smallest absolute Gasteiger partial charge is 0.277 e. The molecule has 5 aromatic rings. The summed E-state index contributed by atoms with van der Waals surface area (Å²) in [6.07, 6.45) is -9.26. The summed E-state index contributed by atoms with van der Waals surface area (Å²) in [5.41, 5.74) is -7.71. The Morgan fingerprint density at radius 2 is 1.05 bits per heavy atom. The van der Waals surface area contributed by atoms with E-state index in [0.717, 1.165) is 53.1 Å². The van der Waals surface area contributed by atoms with Crippen molar-refractivity contribution in [1.82, 2.24) is 9.13 Å². The fourth-order valence-electron chi connectivity index (χ4n) is 4.89. The van der Waals surface area contributed by atoms with Crippen LogP contribution in [0.2, 0.25) is 0 Å². The monoisotopic (exact) mass is 528 g/mol. The molecule has 0 fully saturated rings. The average Bonchev–Trinajstić information content (AvgIpc) is 3.23. The second-order valence-electron chi connectivity index (χ2n) is 9.08. The van der Waals surface area contributed by atoms with E-state index >= 15 is 0 Å². The minimum Gasteiger partial charge on any atom is -0.277 e. The lowest BCUT2D eigenvalue weighted by molar-refractivity contribution is -0.211. The van der Waals surface area contributed by atoms with Crippen molar-refractivity contribution in [2.24, 2.45) is 7.05 Å². The number of benzene rings is 3. The van der Waals surface area contributed by atoms with Crippen LogP contribution in [0, 0.1) is 6.92 Å². The molecule has 1 unspecified atom stereocenters. The Morgan fingerprint density at radius 1 is 0.658 bits per heavy atom. The van der Waals surface area contributed by atoms with Crippen molar-refractivity contribution in [1.29, 1.82) is 0 Å². The zero-order chi connectivity index (χ0) is 27.7. The predicted molar refractivity (Wildman–Crippen MR) is 131 cm³/mol. The van der Waals surface area contributed by atoms with Gasteiger partial charge in [0, 0.05) is 7.05 Å². The predicted octanol–water partition coefficient (Wildman–Crippen LogP) is 3.86. The number of aromatic nitrogens is 2. The van der Waals surface area contributed by atoms with E-state index in [0.29, 0.717) is 10.1 Å². The molecular weight excluding hydrogens is 511 g/mol. The topological polar surface area (TPSA) is 78.1 Å². The van der Waals surface area contributed by atoms with Crippen LogP contribution in [0.15, 0.2) is 79.8 Å². The van der Waals surface area contributed by atoms with Gasteiger partial charge in [-0.15, -0.1) is 0 Å². The first kappa shape index (κ1) is 25.2. The molecule has 0 amide bonds. The SMILES string of the molecule is Cc1ccc(C(c2ccc(-n3c(=O)c4cc5c(=O)n(C)c(=O)c5cc4c3=O)cc2)(C(F)F)C(F)(F)F)cc1. The van der Waals surface area contributed by atoms with Crippen LogP contribution in [-0.4, -0.2) is 21.7 Å². The maximum Gasteiger partial charge on any atom is 0.407 e. The van der Waals surface area contributed by atoms with Crippen molar-refractivity contribution in [2.75, 3.05) is 0 Å². The highest BCUT2D eigenvalue weighted by Gasteiger charge is 2.63. The third-order valence-corrected chi connectivity index (χ3v) is 6.96. The second kappa shape index (κ2) is 8.30. The Balaban J connectivity index is 1.72. The van der Waals surface area contributed by atoms with Crippen molar-refractivity contribution in [3.05, 3.63) is 119 Å². The first-order chi connectivity index (χ1) is 17.8. The highest BCUT2D eigenvalue weighted by atomic mass is 19.4. The largest absolute Gasteiger partial charge is 0.407 e. The second-order valence-corrected chi connectivity index (χ2v) is 9.08. The van der Waals surface area contributed by atoms with Crippen molar-refractivity contribution in [3.63, 3.8) is 0 Å². The van der Waals surface area contributed by atoms with Crippen LogP contribution in [0.5, 0.6) is 0 Å². The molecular formula is C27H17F5N2O4. The van der Waals surface area contributed by atoms with Gasteiger partial charge in [-0.25, -0.2) is 13.3 Å². The summed E-state index contributed by atoms with van der Waals surface area (Å²) in [5, 5.41) is -0.434. The molecule has 0 aliphatic rings. The number of rotatable bonds is 4. The zero-order valence-electron chi connectivity index (χ0n) is 19.8. The molecule has 0 radical (unpaired) electrons. The van der Waals surface area contributed by atoms with E-state index < -0.39 is 51.4 Å². The van der Waals surface area contributed by atoms with Gasteiger partial charge in [-0.3, -0.25) is 23.7 Å². The number of hydrogen-bond donors (Lipinski definition) is 0. The maximum absolute atomic E-state index is 14.4. The molecule has 0 N–H and O–H groups in total. The molecule has 194 valence electrons. The summed E-state index contributed by atoms with van der Waals surface area (Å²) in [7, 11) is 1.25. The van der Waals surface area contributed by atoms with E-state index in [4.69, 9.17) is 0 Å². The Hall–Kier alpha value is -4.41. The quantitative estimate of drug-likeness (QED) is 0.332. The van der Waals surface area contributed by atoms with Crippen molar-refractivity contribution < 1.29 is 22.0 Å². The van der Waals surface area contributed by atoms with Crippen LogP contribution in [0.3, 0.4) is 0 Å². The Kier molecular flexibility index (Phi) is 5.52. The van der Waals surface area contributed by atoms with Crippen LogP contribution >= 0.6 is 0 Å². The van der Waals surface area contributed by atoms with Crippen LogP contribution in [-0.2, 0) is 12.5 Å². The summed E-state index contributed by atoms with van der Waals surface area (Å²) in [4.78, 5) is 50.7. The lowest BCUT2D eigenvalue weighted by Crippen LogP contribution is -2.49. The van der Waals surface area contributed by atoms with E-state index in [1.165, 1.54) is 19.2 Å². The molecule has 2 heterocycles. The molecule has 0 saturated heterocycles. The van der Waals surface area contributed by atoms with E-state index in [9.17, 15) is 41.1 Å². The fourth-order valence-corrected chi connectivity index (χ4v) is 4.89. The van der Waals surface area contributed by atoms with Crippen molar-refractivity contribution in [2.45, 2.75) is 24.9 Å². The molecule has 38 heavy (non-hydrogen) atoms. The number of alkyl halides is 5. The molecule has 3 aromatic carbocycles. The van der Waals surface area contributed by atoms with Gasteiger partial charge in [-0.1, -0.05) is 42.0 Å². The van der Waals surface area contributed by atoms with Gasteiger partial charge in [-0.05, 0) is 42.3 Å². The average molecular weight is 528 g/mol. The normalized spacial score (nSPS) is 14.0. The molecule has 6 nitrogen and oxygen atoms in total. The van der Waals surface area contributed by atoms with Gasteiger partial charge >= 0.3 is 6.18 Å². The molecule has 0 bridgehead atoms. The minimum atomic E-state index is -5.39. The number of halogens is 5. The summed E-state index contributed by atoms with van der Waals surface area (Å²) >= 11 is 0. The van der Waals surface area contributed by atoms with Gasteiger partial charge in [0.2, 0.25) is 0 Å². The van der Waals surface area contributed by atoms with E-state index in [-0.39, 0.29) is 27.2 Å². The molecule has 1 atom stereocenters. The molecule has 11 heteroatoms. The zero-order valence-corrected chi connectivity index (χ0v) is 19.8. The summed E-state index contributed by atoms with van der Waals surface area (Å²) < 4.78 is 73.2. The summed E-state index contributed by atoms with van der Waals surface area (Å²) in [6, 6.07) is 10.4. The fraction of sp³-hybridized carbons (Fsp3) is 0.185. The Bertz CT molecular complexity index is 1850. The first-order valence-electron chi connectivity index (χ1n) is 11.2. The number of aryl methyl sites for hydroxylation is 1. The van der Waals surface area contributed by atoms with Gasteiger partial charge in [0.25, 0.3) is 28.7 Å². The van der Waals surface area contributed by atoms with Crippen molar-refractivity contribution >= 4 is 21.5 Å². The third-order valence-electron chi connectivity index (χ3n) is 6.96. The van der Waals surface area contributed by atoms with Gasteiger partial charge in [0.05, 0.1) is 27.2 Å². The number of nitrogens with zero attached hydrogens (tertiary/aromatic N) is 2. The molecule has 5 rings (SSSR count). The van der Waals surface area contributed by atoms with Gasteiger partial charge in [-0.2, -0.15) is 13.2 Å². The maximum atomic E-state index is 14.4. The third kappa shape index (κ3) is 3.30. The number of fused-ring (bicyclic) bond motifs is 2. The van der Waals surface area contributed by atoms with E-state index in [1.54, 1.807) is 6.92 Å². The highest BCUT2D eigenvalue weighted by Crippen LogP contribution is 2.50. The molecule has 0 saturated carbocycles. The van der Waals surface area contributed by atoms with Gasteiger partial charge < -0.3 is 0 Å². The minimum absolute atomic E-state index is 0.0559. The standard InChI is InChI=1S/C27H17F5N2O4/c1-13-3-5-14(6-4-13)26(25(28)29,27(30,31)32)15-7-9-16(10-8-15)34-23(37)19-11-17-18(12-20(19)24(34)38)22(36)33(2)21(17)35/h3-12,25H,1-2H3. The lowest BCUT2D eigenvalue weighted by Gasteiger charge is -2.36. The molecule has 2 aromatic heterocycles. The van der Waals surface area contributed by atoms with Crippen LogP contribution in [0.1, 0.15) is 16.7 Å². The molecule has 0 spiro atoms. The first-order valence-corrected chi connectivity index (χ1v) is 11.2. The van der Waals surface area contributed by atoms with Crippen LogP contribution in [0.25, 0.3) is 27.2 Å². The van der Waals surface area contributed by atoms with Crippen LogP contribution < -0.4 is 22.2 Å². The van der Waals surface area contributed by atoms with Gasteiger partial charge in [0.1, 0.15) is 0 Å². The van der Waals surface area contributed by atoms with Crippen molar-refractivity contribution in [3.8, 4) is 5.69 Å². The Labute approximate surface area is 209 Å². The Morgan fingerprint density at radius 3 is 1.45 bits per heavy atom. The van der Waals surface area contributed by atoms with E-state index in [2.05, 4.69) is 0 Å². The molecule has 0 aliphatic carbocycles. The highest BCUT2D eigenvalue weighted by molar-refractivity contribution is 5.98. The summed E-state index contributed by atoms with van der Waals surface area (Å²) in [5.74, 6) is 0. The van der Waals surface area contributed by atoms with Crippen LogP contribution in [0.4, 0.5) is 22.0 Å².